The predicted molar refractivity (Wildman–Crippen MR) is 120 cm³/mol. The lowest BCUT2D eigenvalue weighted by atomic mass is 9.79. The summed E-state index contributed by atoms with van der Waals surface area (Å²) in [5.41, 5.74) is -3.18. The number of ketones is 1. The van der Waals surface area contributed by atoms with Crippen molar-refractivity contribution in [1.82, 2.24) is 10.6 Å². The number of carbonyl (C=O) groups excluding carboxylic acids is 3. The van der Waals surface area contributed by atoms with Crippen LogP contribution in [0.1, 0.15) is 39.4 Å². The molecule has 2 aromatic carbocycles. The van der Waals surface area contributed by atoms with E-state index >= 15 is 0 Å². The Kier molecular flexibility index (Phi) is 6.59. The molecule has 0 unspecified atom stereocenters. The fourth-order valence-electron chi connectivity index (χ4n) is 4.02. The molecule has 188 valence electrons. The second-order valence-corrected chi connectivity index (χ2v) is 8.05. The van der Waals surface area contributed by atoms with Gasteiger partial charge in [0, 0.05) is 11.1 Å². The average Bonchev–Trinajstić information content (AvgIpc) is 3.34. The number of furan rings is 1. The van der Waals surface area contributed by atoms with Crippen molar-refractivity contribution in [2.24, 2.45) is 5.92 Å². The molecule has 11 heteroatoms. The minimum Gasteiger partial charge on any atom is -0.462 e. The number of urea groups is 1. The van der Waals surface area contributed by atoms with Crippen molar-refractivity contribution in [3.8, 4) is 11.3 Å². The third-order valence-corrected chi connectivity index (χ3v) is 5.76. The normalized spacial score (nSPS) is 21.9. The highest BCUT2D eigenvalue weighted by Crippen LogP contribution is 2.44. The Labute approximate surface area is 203 Å². The van der Waals surface area contributed by atoms with Gasteiger partial charge in [-0.1, -0.05) is 42.5 Å². The summed E-state index contributed by atoms with van der Waals surface area (Å²) in [6.45, 7) is 1.88. The van der Waals surface area contributed by atoms with Crippen LogP contribution in [0.15, 0.2) is 71.1 Å². The van der Waals surface area contributed by atoms with E-state index in [2.05, 4.69) is 5.32 Å². The van der Waals surface area contributed by atoms with Gasteiger partial charge in [-0.05, 0) is 31.2 Å². The van der Waals surface area contributed by atoms with Crippen LogP contribution in [-0.2, 0) is 4.74 Å². The van der Waals surface area contributed by atoms with E-state index in [4.69, 9.17) is 9.15 Å². The minimum atomic E-state index is -5.38. The molecule has 1 aliphatic rings. The molecule has 3 atom stereocenters. The molecule has 0 saturated carbocycles. The maximum atomic E-state index is 14.0. The molecule has 2 heterocycles. The maximum Gasteiger partial charge on any atom is 0.437 e. The Balaban J connectivity index is 1.72. The molecule has 1 fully saturated rings. The summed E-state index contributed by atoms with van der Waals surface area (Å²) < 4.78 is 52.8. The summed E-state index contributed by atoms with van der Waals surface area (Å²) in [7, 11) is 0. The summed E-state index contributed by atoms with van der Waals surface area (Å²) in [5, 5.41) is 14.4. The lowest BCUT2D eigenvalue weighted by Crippen LogP contribution is -2.72. The Morgan fingerprint density at radius 2 is 1.69 bits per heavy atom. The van der Waals surface area contributed by atoms with Crippen LogP contribution in [0.25, 0.3) is 11.3 Å². The fourth-order valence-corrected chi connectivity index (χ4v) is 4.02. The molecule has 2 amide bonds. The van der Waals surface area contributed by atoms with Gasteiger partial charge >= 0.3 is 18.2 Å². The van der Waals surface area contributed by atoms with Gasteiger partial charge in [0.15, 0.2) is 5.78 Å². The zero-order valence-corrected chi connectivity index (χ0v) is 18.8. The van der Waals surface area contributed by atoms with Crippen LogP contribution in [0.5, 0.6) is 0 Å². The van der Waals surface area contributed by atoms with E-state index in [1.807, 2.05) is 0 Å². The first-order valence-corrected chi connectivity index (χ1v) is 10.9. The van der Waals surface area contributed by atoms with Crippen molar-refractivity contribution in [2.45, 2.75) is 24.9 Å². The van der Waals surface area contributed by atoms with E-state index < -0.39 is 41.6 Å². The molecular formula is C25H21F3N2O6. The number of benzene rings is 2. The third kappa shape index (κ3) is 4.57. The van der Waals surface area contributed by atoms with Crippen LogP contribution < -0.4 is 10.6 Å². The van der Waals surface area contributed by atoms with Crippen LogP contribution >= 0.6 is 0 Å². The maximum absolute atomic E-state index is 14.0. The van der Waals surface area contributed by atoms with Crippen LogP contribution in [0.4, 0.5) is 18.0 Å². The van der Waals surface area contributed by atoms with Gasteiger partial charge in [0.2, 0.25) is 5.72 Å². The average molecular weight is 502 g/mol. The van der Waals surface area contributed by atoms with E-state index in [0.717, 1.165) is 0 Å². The van der Waals surface area contributed by atoms with Gasteiger partial charge < -0.3 is 24.9 Å². The van der Waals surface area contributed by atoms with Crippen LogP contribution in [0.3, 0.4) is 0 Å². The molecule has 3 N–H and O–H groups in total. The highest BCUT2D eigenvalue weighted by molar-refractivity contribution is 6.00. The third-order valence-electron chi connectivity index (χ3n) is 5.76. The zero-order valence-electron chi connectivity index (χ0n) is 18.8. The molecule has 4 rings (SSSR count). The van der Waals surface area contributed by atoms with E-state index in [1.165, 1.54) is 53.8 Å². The Bertz CT molecular complexity index is 1270. The molecule has 0 spiro atoms. The van der Waals surface area contributed by atoms with E-state index in [9.17, 15) is 32.7 Å². The Morgan fingerprint density at radius 3 is 2.31 bits per heavy atom. The number of Topliss-reactive ketones (excluding diaryl/α,β-unsaturated/α-hetero) is 1. The number of ether oxygens (including phenoxy) is 1. The van der Waals surface area contributed by atoms with E-state index in [0.29, 0.717) is 11.1 Å². The van der Waals surface area contributed by atoms with Gasteiger partial charge in [-0.15, -0.1) is 0 Å². The van der Waals surface area contributed by atoms with Gasteiger partial charge in [0.25, 0.3) is 0 Å². The van der Waals surface area contributed by atoms with Gasteiger partial charge in [0.1, 0.15) is 23.5 Å². The van der Waals surface area contributed by atoms with E-state index in [1.54, 1.807) is 25.1 Å². The number of amides is 2. The molecule has 8 nitrogen and oxygen atoms in total. The Morgan fingerprint density at radius 1 is 1.03 bits per heavy atom. The first-order chi connectivity index (χ1) is 17.0. The molecule has 0 radical (unpaired) electrons. The monoisotopic (exact) mass is 502 g/mol. The molecule has 1 aliphatic heterocycles. The minimum absolute atomic E-state index is 0.0885. The smallest absolute Gasteiger partial charge is 0.437 e. The molecule has 3 aromatic rings. The zero-order chi connectivity index (χ0) is 26.1. The second-order valence-electron chi connectivity index (χ2n) is 8.05. The second kappa shape index (κ2) is 9.50. The van der Waals surface area contributed by atoms with Crippen molar-refractivity contribution < 1.29 is 41.8 Å². The van der Waals surface area contributed by atoms with Gasteiger partial charge in [0.05, 0.1) is 12.2 Å². The largest absolute Gasteiger partial charge is 0.462 e. The number of esters is 1. The standard InChI is InChI=1S/C25H21F3N2O6/c1-2-35-22(32)16-10-8-14(9-11-16)17-12-13-18(36-17)20-19(21(31)15-6-4-3-5-7-15)24(34,25(26,27)28)30-23(33)29-20/h3-13,19-20,34H,2H2,1H3,(H2,29,30,33)/t19-,20-,24+/m0/s1. The molecular weight excluding hydrogens is 481 g/mol. The van der Waals surface area contributed by atoms with Crippen molar-refractivity contribution in [3.05, 3.63) is 83.6 Å². The topological polar surface area (TPSA) is 118 Å². The summed E-state index contributed by atoms with van der Waals surface area (Å²) in [5.74, 6) is -3.75. The predicted octanol–water partition coefficient (Wildman–Crippen LogP) is 4.23. The number of aliphatic hydroxyl groups is 1. The lowest BCUT2D eigenvalue weighted by molar-refractivity contribution is -0.288. The summed E-state index contributed by atoms with van der Waals surface area (Å²) in [4.78, 5) is 37.3. The summed E-state index contributed by atoms with van der Waals surface area (Å²) in [6, 6.07) is 13.0. The summed E-state index contributed by atoms with van der Waals surface area (Å²) >= 11 is 0. The number of hydrogen-bond acceptors (Lipinski definition) is 6. The molecule has 0 bridgehead atoms. The van der Waals surface area contributed by atoms with Crippen molar-refractivity contribution in [3.63, 3.8) is 0 Å². The van der Waals surface area contributed by atoms with Crippen molar-refractivity contribution in [2.75, 3.05) is 6.61 Å². The molecule has 36 heavy (non-hydrogen) atoms. The number of rotatable bonds is 6. The number of carbonyl (C=O) groups is 3. The first-order valence-electron chi connectivity index (χ1n) is 10.9. The quantitative estimate of drug-likeness (QED) is 0.343. The first kappa shape index (κ1) is 25.0. The molecule has 1 saturated heterocycles. The SMILES string of the molecule is CCOC(=O)c1ccc(-c2ccc([C@@H]3NC(=O)N[C@](O)(C(F)(F)F)[C@@H]3C(=O)c3ccccc3)o2)cc1. The lowest BCUT2D eigenvalue weighted by Gasteiger charge is -2.44. The fraction of sp³-hybridized carbons (Fsp3) is 0.240. The number of nitrogens with one attached hydrogen (secondary N) is 2. The van der Waals surface area contributed by atoms with Gasteiger partial charge in [-0.3, -0.25) is 4.79 Å². The Hall–Kier alpha value is -4.12. The van der Waals surface area contributed by atoms with E-state index in [-0.39, 0.29) is 23.7 Å². The van der Waals surface area contributed by atoms with Crippen molar-refractivity contribution in [1.29, 1.82) is 0 Å². The number of hydrogen-bond donors (Lipinski definition) is 3. The van der Waals surface area contributed by atoms with Crippen LogP contribution in [0.2, 0.25) is 0 Å². The van der Waals surface area contributed by atoms with Gasteiger partial charge in [-0.25, -0.2) is 9.59 Å². The highest BCUT2D eigenvalue weighted by atomic mass is 19.4. The highest BCUT2D eigenvalue weighted by Gasteiger charge is 2.66. The number of alkyl halides is 3. The van der Waals surface area contributed by atoms with Gasteiger partial charge in [-0.2, -0.15) is 13.2 Å². The van der Waals surface area contributed by atoms with Crippen LogP contribution in [0, 0.1) is 5.92 Å². The number of halogens is 3. The summed E-state index contributed by atoms with van der Waals surface area (Å²) in [6.07, 6.45) is -5.38. The molecule has 1 aromatic heterocycles. The van der Waals surface area contributed by atoms with Crippen molar-refractivity contribution >= 4 is 17.8 Å². The van der Waals surface area contributed by atoms with Crippen LogP contribution in [-0.4, -0.2) is 41.4 Å². The molecule has 0 aliphatic carbocycles.